The number of carbonyl (C=O) groups is 1. The molecule has 1 fully saturated rings. The first kappa shape index (κ1) is 12.4. The van der Waals surface area contributed by atoms with E-state index in [2.05, 4.69) is 5.32 Å². The maximum atomic E-state index is 11.7. The summed E-state index contributed by atoms with van der Waals surface area (Å²) < 4.78 is 0. The average Bonchev–Trinajstić information content (AvgIpc) is 2.38. The van der Waals surface area contributed by atoms with Gasteiger partial charge in [0.2, 0.25) is 5.91 Å². The van der Waals surface area contributed by atoms with E-state index < -0.39 is 0 Å². The molecule has 0 aromatic heterocycles. The number of nitrogens with one attached hydrogen (secondary N) is 1. The zero-order valence-electron chi connectivity index (χ0n) is 9.95. The molecule has 1 heterocycles. The molecule has 92 valence electrons. The normalized spacial score (nSPS) is 20.4. The van der Waals surface area contributed by atoms with Gasteiger partial charge in [0.25, 0.3) is 0 Å². The highest BCUT2D eigenvalue weighted by Gasteiger charge is 2.24. The molecule has 0 aliphatic carbocycles. The van der Waals surface area contributed by atoms with Crippen LogP contribution >= 0.6 is 11.6 Å². The van der Waals surface area contributed by atoms with Crippen LogP contribution < -0.4 is 5.32 Å². The van der Waals surface area contributed by atoms with Crippen LogP contribution in [0.15, 0.2) is 24.3 Å². The maximum absolute atomic E-state index is 11.7. The molecule has 1 aliphatic rings. The third kappa shape index (κ3) is 2.79. The highest BCUT2D eigenvalue weighted by atomic mass is 35.5. The lowest BCUT2D eigenvalue weighted by atomic mass is 10.0. The van der Waals surface area contributed by atoms with E-state index in [1.165, 1.54) is 0 Å². The monoisotopic (exact) mass is 252 g/mol. The molecule has 0 saturated carbocycles. The molecule has 0 spiro atoms. The van der Waals surface area contributed by atoms with Gasteiger partial charge in [-0.15, -0.1) is 0 Å². The van der Waals surface area contributed by atoms with E-state index in [9.17, 15) is 4.79 Å². The van der Waals surface area contributed by atoms with Gasteiger partial charge in [0, 0.05) is 31.1 Å². The van der Waals surface area contributed by atoms with E-state index in [4.69, 9.17) is 11.6 Å². The zero-order chi connectivity index (χ0) is 12.3. The van der Waals surface area contributed by atoms with Crippen molar-refractivity contribution in [3.8, 4) is 0 Å². The summed E-state index contributed by atoms with van der Waals surface area (Å²) in [6.45, 7) is 4.21. The molecule has 1 aliphatic heterocycles. The smallest absolute Gasteiger partial charge is 0.222 e. The molecule has 1 aromatic carbocycles. The van der Waals surface area contributed by atoms with Crippen molar-refractivity contribution < 1.29 is 4.79 Å². The summed E-state index contributed by atoms with van der Waals surface area (Å²) in [6.07, 6.45) is 0.565. The van der Waals surface area contributed by atoms with Crippen LogP contribution in [0.3, 0.4) is 0 Å². The van der Waals surface area contributed by atoms with Gasteiger partial charge < -0.3 is 10.2 Å². The van der Waals surface area contributed by atoms with Crippen LogP contribution in [0.1, 0.15) is 24.9 Å². The van der Waals surface area contributed by atoms with Gasteiger partial charge in [-0.3, -0.25) is 4.79 Å². The van der Waals surface area contributed by atoms with Crippen molar-refractivity contribution in [3.05, 3.63) is 34.9 Å². The Bertz CT molecular complexity index is 408. The molecule has 1 saturated heterocycles. The van der Waals surface area contributed by atoms with Gasteiger partial charge in [0.1, 0.15) is 0 Å². The zero-order valence-corrected chi connectivity index (χ0v) is 10.7. The maximum Gasteiger partial charge on any atom is 0.222 e. The number of benzene rings is 1. The van der Waals surface area contributed by atoms with E-state index in [1.807, 2.05) is 36.1 Å². The summed E-state index contributed by atoms with van der Waals surface area (Å²) in [7, 11) is 0. The number of nitrogens with zero attached hydrogens (tertiary/aromatic N) is 1. The lowest BCUT2D eigenvalue weighted by molar-refractivity contribution is -0.132. The second-order valence-corrected chi connectivity index (χ2v) is 4.63. The summed E-state index contributed by atoms with van der Waals surface area (Å²) in [5.41, 5.74) is 1.07. The Morgan fingerprint density at radius 1 is 1.53 bits per heavy atom. The number of hydrogen-bond acceptors (Lipinski definition) is 2. The van der Waals surface area contributed by atoms with Crippen LogP contribution in [-0.2, 0) is 4.79 Å². The molecule has 1 N–H and O–H groups in total. The summed E-state index contributed by atoms with van der Waals surface area (Å²) in [4.78, 5) is 13.6. The van der Waals surface area contributed by atoms with Gasteiger partial charge in [0.15, 0.2) is 0 Å². The van der Waals surface area contributed by atoms with Crippen molar-refractivity contribution in [1.29, 1.82) is 0 Å². The number of halogens is 1. The summed E-state index contributed by atoms with van der Waals surface area (Å²) in [6, 6.07) is 7.94. The lowest BCUT2D eigenvalue weighted by Crippen LogP contribution is -2.48. The molecular weight excluding hydrogens is 236 g/mol. The summed E-state index contributed by atoms with van der Waals surface area (Å²) in [5.74, 6) is 0.212. The van der Waals surface area contributed by atoms with E-state index in [0.29, 0.717) is 13.0 Å². The van der Waals surface area contributed by atoms with Crippen molar-refractivity contribution in [2.24, 2.45) is 0 Å². The standard InChI is InChI=1S/C13H17ClN2O/c1-2-13(17)16-8-7-15-12(9-16)10-5-3-4-6-11(10)14/h3-6,12,15H,2,7-9H2,1H3. The van der Waals surface area contributed by atoms with Crippen LogP contribution in [-0.4, -0.2) is 30.4 Å². The second-order valence-electron chi connectivity index (χ2n) is 4.22. The number of hydrogen-bond donors (Lipinski definition) is 1. The Morgan fingerprint density at radius 2 is 2.29 bits per heavy atom. The molecule has 1 aromatic rings. The van der Waals surface area contributed by atoms with Crippen molar-refractivity contribution >= 4 is 17.5 Å². The highest BCUT2D eigenvalue weighted by molar-refractivity contribution is 6.31. The first-order chi connectivity index (χ1) is 8.22. The predicted molar refractivity (Wildman–Crippen MR) is 69.1 cm³/mol. The van der Waals surface area contributed by atoms with Crippen LogP contribution in [0.5, 0.6) is 0 Å². The lowest BCUT2D eigenvalue weighted by Gasteiger charge is -2.34. The minimum Gasteiger partial charge on any atom is -0.340 e. The largest absolute Gasteiger partial charge is 0.340 e. The van der Waals surface area contributed by atoms with E-state index in [1.54, 1.807) is 0 Å². The molecule has 1 unspecified atom stereocenters. The number of rotatable bonds is 2. The van der Waals surface area contributed by atoms with Gasteiger partial charge in [-0.1, -0.05) is 36.7 Å². The fraction of sp³-hybridized carbons (Fsp3) is 0.462. The molecule has 17 heavy (non-hydrogen) atoms. The summed E-state index contributed by atoms with van der Waals surface area (Å²) in [5, 5.41) is 4.17. The van der Waals surface area contributed by atoms with Crippen LogP contribution in [0.2, 0.25) is 5.02 Å². The van der Waals surface area contributed by atoms with Crippen LogP contribution in [0.4, 0.5) is 0 Å². The first-order valence-electron chi connectivity index (χ1n) is 5.98. The van der Waals surface area contributed by atoms with E-state index in [-0.39, 0.29) is 11.9 Å². The Hall–Kier alpha value is -1.06. The molecule has 0 bridgehead atoms. The van der Waals surface area contributed by atoms with Crippen molar-refractivity contribution in [3.63, 3.8) is 0 Å². The highest BCUT2D eigenvalue weighted by Crippen LogP contribution is 2.24. The van der Waals surface area contributed by atoms with Crippen LogP contribution in [0, 0.1) is 0 Å². The summed E-state index contributed by atoms with van der Waals surface area (Å²) >= 11 is 6.18. The van der Waals surface area contributed by atoms with Crippen molar-refractivity contribution in [1.82, 2.24) is 10.2 Å². The SMILES string of the molecule is CCC(=O)N1CCNC(c2ccccc2Cl)C1. The molecule has 0 radical (unpaired) electrons. The number of carbonyl (C=O) groups excluding carboxylic acids is 1. The van der Waals surface area contributed by atoms with Gasteiger partial charge in [-0.05, 0) is 11.6 Å². The fourth-order valence-electron chi connectivity index (χ4n) is 2.17. The fourth-order valence-corrected chi connectivity index (χ4v) is 2.43. The Balaban J connectivity index is 2.12. The molecule has 1 amide bonds. The topological polar surface area (TPSA) is 32.3 Å². The van der Waals surface area contributed by atoms with Crippen LogP contribution in [0.25, 0.3) is 0 Å². The van der Waals surface area contributed by atoms with E-state index in [0.717, 1.165) is 23.7 Å². The minimum atomic E-state index is 0.146. The van der Waals surface area contributed by atoms with Gasteiger partial charge in [0.05, 0.1) is 6.04 Å². The van der Waals surface area contributed by atoms with Gasteiger partial charge in [-0.25, -0.2) is 0 Å². The van der Waals surface area contributed by atoms with Gasteiger partial charge >= 0.3 is 0 Å². The molecule has 4 heteroatoms. The van der Waals surface area contributed by atoms with E-state index >= 15 is 0 Å². The molecule has 1 atom stereocenters. The molecule has 3 nitrogen and oxygen atoms in total. The number of amides is 1. The van der Waals surface area contributed by atoms with Crippen molar-refractivity contribution in [2.45, 2.75) is 19.4 Å². The third-order valence-corrected chi connectivity index (χ3v) is 3.46. The Kier molecular flexibility index (Phi) is 4.02. The average molecular weight is 253 g/mol. The second kappa shape index (κ2) is 5.52. The number of piperazine rings is 1. The molecule has 2 rings (SSSR count). The Morgan fingerprint density at radius 3 is 3.00 bits per heavy atom. The quantitative estimate of drug-likeness (QED) is 0.876. The molecular formula is C13H17ClN2O. The van der Waals surface area contributed by atoms with Gasteiger partial charge in [-0.2, -0.15) is 0 Å². The van der Waals surface area contributed by atoms with Crippen molar-refractivity contribution in [2.75, 3.05) is 19.6 Å². The minimum absolute atomic E-state index is 0.146. The third-order valence-electron chi connectivity index (χ3n) is 3.11. The predicted octanol–water partition coefficient (Wildman–Crippen LogP) is 2.22. The Labute approximate surface area is 107 Å². The first-order valence-corrected chi connectivity index (χ1v) is 6.35.